The van der Waals surface area contributed by atoms with Gasteiger partial charge in [-0.3, -0.25) is 0 Å². The zero-order valence-electron chi connectivity index (χ0n) is 18.4. The zero-order chi connectivity index (χ0) is 20.2. The SMILES string of the molecule is NCc1cnc(NC2CCCCCCCCC2)nc1/C1=C/CCCCCCCC1. The third-order valence-corrected chi connectivity index (χ3v) is 6.62. The number of anilines is 1. The maximum absolute atomic E-state index is 6.06. The van der Waals surface area contributed by atoms with Crippen LogP contribution in [0.2, 0.25) is 0 Å². The summed E-state index contributed by atoms with van der Waals surface area (Å²) < 4.78 is 0. The lowest BCUT2D eigenvalue weighted by atomic mass is 9.96. The van der Waals surface area contributed by atoms with Crippen LogP contribution >= 0.6 is 0 Å². The molecule has 3 N–H and O–H groups in total. The first-order valence-electron chi connectivity index (χ1n) is 12.4. The van der Waals surface area contributed by atoms with Gasteiger partial charge in [0.25, 0.3) is 0 Å². The lowest BCUT2D eigenvalue weighted by molar-refractivity contribution is 0.475. The number of hydrogen-bond donors (Lipinski definition) is 2. The number of hydrogen-bond acceptors (Lipinski definition) is 4. The first-order chi connectivity index (χ1) is 14.4. The minimum atomic E-state index is 0.503. The van der Waals surface area contributed by atoms with Crippen LogP contribution in [0.1, 0.15) is 120 Å². The van der Waals surface area contributed by atoms with Crippen LogP contribution in [0.3, 0.4) is 0 Å². The number of nitrogens with zero attached hydrogens (tertiary/aromatic N) is 2. The van der Waals surface area contributed by atoms with Gasteiger partial charge >= 0.3 is 0 Å². The Morgan fingerprint density at radius 3 is 2.14 bits per heavy atom. The number of nitrogens with one attached hydrogen (secondary N) is 1. The molecule has 0 aliphatic heterocycles. The third-order valence-electron chi connectivity index (χ3n) is 6.62. The average molecular weight is 399 g/mol. The molecule has 0 amide bonds. The van der Waals surface area contributed by atoms with Gasteiger partial charge in [-0.25, -0.2) is 9.97 Å². The van der Waals surface area contributed by atoms with Gasteiger partial charge in [-0.05, 0) is 44.1 Å². The number of aromatic nitrogens is 2. The Kier molecular flexibility index (Phi) is 9.98. The summed E-state index contributed by atoms with van der Waals surface area (Å²) in [5.41, 5.74) is 9.64. The van der Waals surface area contributed by atoms with E-state index >= 15 is 0 Å². The van der Waals surface area contributed by atoms with Gasteiger partial charge in [0, 0.05) is 24.3 Å². The van der Waals surface area contributed by atoms with Gasteiger partial charge in [-0.1, -0.05) is 76.7 Å². The van der Waals surface area contributed by atoms with Gasteiger partial charge < -0.3 is 11.1 Å². The van der Waals surface area contributed by atoms with Crippen molar-refractivity contribution in [3.05, 3.63) is 23.5 Å². The number of nitrogens with two attached hydrogens (primary N) is 1. The van der Waals surface area contributed by atoms with Crippen molar-refractivity contribution in [1.29, 1.82) is 0 Å². The molecule has 29 heavy (non-hydrogen) atoms. The standard InChI is InChI=1S/C25H42N4/c26-19-22-20-27-25(28-23-17-13-9-5-2-6-10-14-18-23)29-24(22)21-15-11-7-3-1-4-8-12-16-21/h15,20,23H,1-14,16-19,26H2,(H,27,28,29)/b21-15+. The summed E-state index contributed by atoms with van der Waals surface area (Å²) in [5, 5.41) is 3.69. The van der Waals surface area contributed by atoms with E-state index in [-0.39, 0.29) is 0 Å². The Morgan fingerprint density at radius 1 is 0.828 bits per heavy atom. The fourth-order valence-electron chi connectivity index (χ4n) is 4.80. The highest BCUT2D eigenvalue weighted by Crippen LogP contribution is 2.27. The van der Waals surface area contributed by atoms with Crippen LogP contribution in [-0.2, 0) is 6.54 Å². The molecular formula is C25H42N4. The van der Waals surface area contributed by atoms with Crippen LogP contribution in [-0.4, -0.2) is 16.0 Å². The molecule has 1 aromatic heterocycles. The minimum Gasteiger partial charge on any atom is -0.351 e. The molecule has 0 atom stereocenters. The molecular weight excluding hydrogens is 356 g/mol. The topological polar surface area (TPSA) is 63.8 Å². The third kappa shape index (κ3) is 7.73. The van der Waals surface area contributed by atoms with Crippen molar-refractivity contribution in [3.63, 3.8) is 0 Å². The molecule has 0 saturated heterocycles. The summed E-state index contributed by atoms with van der Waals surface area (Å²) in [7, 11) is 0. The van der Waals surface area contributed by atoms with E-state index in [1.807, 2.05) is 6.20 Å². The van der Waals surface area contributed by atoms with E-state index in [4.69, 9.17) is 10.7 Å². The van der Waals surface area contributed by atoms with E-state index in [0.29, 0.717) is 12.6 Å². The Labute approximate surface area is 178 Å². The van der Waals surface area contributed by atoms with Gasteiger partial charge in [-0.2, -0.15) is 0 Å². The molecule has 1 aromatic rings. The molecule has 1 saturated carbocycles. The monoisotopic (exact) mass is 398 g/mol. The highest BCUT2D eigenvalue weighted by Gasteiger charge is 2.15. The second-order valence-corrected chi connectivity index (χ2v) is 9.05. The fourth-order valence-corrected chi connectivity index (χ4v) is 4.80. The van der Waals surface area contributed by atoms with Crippen molar-refractivity contribution in [2.45, 2.75) is 122 Å². The lowest BCUT2D eigenvalue weighted by Crippen LogP contribution is -2.22. The smallest absolute Gasteiger partial charge is 0.223 e. The van der Waals surface area contributed by atoms with Gasteiger partial charge in [0.1, 0.15) is 0 Å². The van der Waals surface area contributed by atoms with E-state index in [1.54, 1.807) is 0 Å². The molecule has 162 valence electrons. The van der Waals surface area contributed by atoms with E-state index in [0.717, 1.165) is 30.0 Å². The number of rotatable bonds is 4. The molecule has 0 spiro atoms. The predicted molar refractivity (Wildman–Crippen MR) is 124 cm³/mol. The zero-order valence-corrected chi connectivity index (χ0v) is 18.4. The summed E-state index contributed by atoms with van der Waals surface area (Å²) in [6.07, 6.45) is 26.7. The molecule has 0 unspecified atom stereocenters. The molecule has 0 bridgehead atoms. The number of allylic oxidation sites excluding steroid dienone is 2. The second-order valence-electron chi connectivity index (χ2n) is 9.05. The summed E-state index contributed by atoms with van der Waals surface area (Å²) in [6.45, 7) is 0.510. The maximum atomic E-state index is 6.06. The Balaban J connectivity index is 1.73. The molecule has 2 aliphatic rings. The summed E-state index contributed by atoms with van der Waals surface area (Å²) in [6, 6.07) is 0.503. The molecule has 1 heterocycles. The van der Waals surface area contributed by atoms with Crippen LogP contribution in [0.4, 0.5) is 5.95 Å². The maximum Gasteiger partial charge on any atom is 0.223 e. The van der Waals surface area contributed by atoms with E-state index in [1.165, 1.54) is 102 Å². The van der Waals surface area contributed by atoms with E-state index < -0.39 is 0 Å². The quantitative estimate of drug-likeness (QED) is 0.588. The Morgan fingerprint density at radius 2 is 1.45 bits per heavy atom. The van der Waals surface area contributed by atoms with Gasteiger partial charge in [0.05, 0.1) is 5.69 Å². The van der Waals surface area contributed by atoms with Crippen LogP contribution < -0.4 is 11.1 Å². The highest BCUT2D eigenvalue weighted by molar-refractivity contribution is 5.66. The molecule has 4 nitrogen and oxygen atoms in total. The summed E-state index contributed by atoms with van der Waals surface area (Å²) in [5.74, 6) is 0.803. The van der Waals surface area contributed by atoms with E-state index in [9.17, 15) is 0 Å². The molecule has 4 heteroatoms. The first kappa shape index (κ1) is 22.3. The van der Waals surface area contributed by atoms with Gasteiger partial charge in [0.2, 0.25) is 5.95 Å². The molecule has 2 aliphatic carbocycles. The van der Waals surface area contributed by atoms with Crippen LogP contribution in [0.5, 0.6) is 0 Å². The predicted octanol–water partition coefficient (Wildman–Crippen LogP) is 6.76. The van der Waals surface area contributed by atoms with E-state index in [2.05, 4.69) is 16.4 Å². The molecule has 3 rings (SSSR count). The summed E-state index contributed by atoms with van der Waals surface area (Å²) in [4.78, 5) is 9.65. The highest BCUT2D eigenvalue weighted by atomic mass is 15.1. The lowest BCUT2D eigenvalue weighted by Gasteiger charge is -2.21. The fraction of sp³-hybridized carbons (Fsp3) is 0.760. The van der Waals surface area contributed by atoms with Crippen molar-refractivity contribution in [2.24, 2.45) is 5.73 Å². The normalized spacial score (nSPS) is 23.0. The molecule has 1 fully saturated rings. The van der Waals surface area contributed by atoms with Crippen LogP contribution in [0.15, 0.2) is 12.3 Å². The van der Waals surface area contributed by atoms with Crippen molar-refractivity contribution < 1.29 is 0 Å². The Hall–Kier alpha value is -1.42. The minimum absolute atomic E-state index is 0.503. The van der Waals surface area contributed by atoms with Crippen LogP contribution in [0, 0.1) is 0 Å². The molecule has 0 aromatic carbocycles. The average Bonchev–Trinajstić information content (AvgIpc) is 2.76. The van der Waals surface area contributed by atoms with Gasteiger partial charge in [0.15, 0.2) is 0 Å². The van der Waals surface area contributed by atoms with Crippen molar-refractivity contribution >= 4 is 11.5 Å². The van der Waals surface area contributed by atoms with Crippen LogP contribution in [0.25, 0.3) is 5.57 Å². The van der Waals surface area contributed by atoms with Crippen molar-refractivity contribution in [3.8, 4) is 0 Å². The summed E-state index contributed by atoms with van der Waals surface area (Å²) >= 11 is 0. The van der Waals surface area contributed by atoms with Crippen molar-refractivity contribution in [1.82, 2.24) is 9.97 Å². The first-order valence-corrected chi connectivity index (χ1v) is 12.4. The van der Waals surface area contributed by atoms with Gasteiger partial charge in [-0.15, -0.1) is 0 Å². The molecule has 0 radical (unpaired) electrons. The van der Waals surface area contributed by atoms with Crippen molar-refractivity contribution in [2.75, 3.05) is 5.32 Å². The largest absolute Gasteiger partial charge is 0.351 e. The second kappa shape index (κ2) is 13.0. The Bertz CT molecular complexity index is 615.